The first-order chi connectivity index (χ1) is 10.5. The number of allylic oxidation sites excluding steroid dienone is 2. The molecule has 1 nitrogen and oxygen atoms in total. The third-order valence-corrected chi connectivity index (χ3v) is 7.64. The van der Waals surface area contributed by atoms with Crippen LogP contribution in [0.3, 0.4) is 0 Å². The highest BCUT2D eigenvalue weighted by molar-refractivity contribution is 8.26. The zero-order valence-electron chi connectivity index (χ0n) is 13.5. The van der Waals surface area contributed by atoms with Gasteiger partial charge in [-0.25, -0.2) is 0 Å². The van der Waals surface area contributed by atoms with Crippen LogP contribution in [0.15, 0.2) is 60.6 Å². The van der Waals surface area contributed by atoms with E-state index >= 15 is 0 Å². The van der Waals surface area contributed by atoms with Crippen molar-refractivity contribution >= 4 is 28.6 Å². The SMILES string of the molecule is C=CCCCSC1(CC=C)SC(c2ccccc2)=NC1(C)C. The molecule has 0 fully saturated rings. The van der Waals surface area contributed by atoms with Gasteiger partial charge in [0.05, 0.1) is 14.7 Å². The fourth-order valence-electron chi connectivity index (χ4n) is 2.56. The molecule has 1 unspecified atom stereocenters. The molecule has 0 aromatic heterocycles. The van der Waals surface area contributed by atoms with Gasteiger partial charge in [-0.1, -0.05) is 54.2 Å². The van der Waals surface area contributed by atoms with Crippen LogP contribution in [0.1, 0.15) is 38.7 Å². The summed E-state index contributed by atoms with van der Waals surface area (Å²) in [7, 11) is 0. The highest BCUT2D eigenvalue weighted by Gasteiger charge is 2.50. The lowest BCUT2D eigenvalue weighted by Gasteiger charge is -2.37. The molecule has 1 aliphatic heterocycles. The minimum absolute atomic E-state index is 0.0428. The fourth-order valence-corrected chi connectivity index (χ4v) is 5.89. The summed E-state index contributed by atoms with van der Waals surface area (Å²) < 4.78 is 0.0428. The van der Waals surface area contributed by atoms with Crippen molar-refractivity contribution in [2.24, 2.45) is 4.99 Å². The van der Waals surface area contributed by atoms with Crippen LogP contribution < -0.4 is 0 Å². The second-order valence-corrected chi connectivity index (χ2v) is 8.91. The van der Waals surface area contributed by atoms with E-state index in [4.69, 9.17) is 4.99 Å². The molecule has 0 saturated carbocycles. The molecule has 3 heteroatoms. The summed E-state index contributed by atoms with van der Waals surface area (Å²) in [4.78, 5) is 5.05. The lowest BCUT2D eigenvalue weighted by atomic mass is 9.98. The zero-order chi connectivity index (χ0) is 16.1. The van der Waals surface area contributed by atoms with E-state index in [9.17, 15) is 0 Å². The van der Waals surface area contributed by atoms with E-state index in [0.29, 0.717) is 0 Å². The van der Waals surface area contributed by atoms with Gasteiger partial charge in [0, 0.05) is 5.56 Å². The molecule has 1 heterocycles. The average Bonchev–Trinajstić information content (AvgIpc) is 2.77. The Hall–Kier alpha value is -0.930. The number of thioether (sulfide) groups is 2. The summed E-state index contributed by atoms with van der Waals surface area (Å²) in [5.41, 5.74) is 1.12. The molecule has 2 rings (SSSR count). The smallest absolute Gasteiger partial charge is 0.0999 e. The van der Waals surface area contributed by atoms with Crippen LogP contribution in [-0.4, -0.2) is 20.4 Å². The topological polar surface area (TPSA) is 12.4 Å². The number of aliphatic imine (C=N–C) groups is 1. The molecule has 1 aromatic carbocycles. The maximum atomic E-state index is 5.05. The second-order valence-electron chi connectivity index (χ2n) is 5.97. The van der Waals surface area contributed by atoms with E-state index in [0.717, 1.165) is 23.6 Å². The van der Waals surface area contributed by atoms with Crippen LogP contribution in [0.4, 0.5) is 0 Å². The molecule has 1 aromatic rings. The average molecular weight is 332 g/mol. The largest absolute Gasteiger partial charge is 0.269 e. The van der Waals surface area contributed by atoms with E-state index in [1.54, 1.807) is 0 Å². The number of rotatable bonds is 8. The Morgan fingerprint density at radius 2 is 1.91 bits per heavy atom. The maximum Gasteiger partial charge on any atom is 0.0999 e. The molecule has 0 aliphatic carbocycles. The third kappa shape index (κ3) is 3.69. The van der Waals surface area contributed by atoms with Crippen molar-refractivity contribution in [1.82, 2.24) is 0 Å². The highest BCUT2D eigenvalue weighted by Crippen LogP contribution is 2.56. The van der Waals surface area contributed by atoms with Gasteiger partial charge in [0.1, 0.15) is 0 Å². The summed E-state index contributed by atoms with van der Waals surface area (Å²) in [6.45, 7) is 12.3. The molecule has 0 amide bonds. The van der Waals surface area contributed by atoms with Crippen LogP contribution in [-0.2, 0) is 0 Å². The third-order valence-electron chi connectivity index (χ3n) is 3.90. The second kappa shape index (κ2) is 7.56. The predicted molar refractivity (Wildman–Crippen MR) is 104 cm³/mol. The van der Waals surface area contributed by atoms with Gasteiger partial charge in [0.25, 0.3) is 0 Å². The number of unbranched alkanes of at least 4 members (excludes halogenated alkanes) is 1. The van der Waals surface area contributed by atoms with E-state index in [-0.39, 0.29) is 9.62 Å². The Balaban J connectivity index is 2.20. The van der Waals surface area contributed by atoms with Gasteiger partial charge in [-0.15, -0.1) is 24.9 Å². The summed E-state index contributed by atoms with van der Waals surface area (Å²) in [6.07, 6.45) is 7.25. The molecule has 0 radical (unpaired) electrons. The number of nitrogens with zero attached hydrogens (tertiary/aromatic N) is 1. The molecule has 0 bridgehead atoms. The van der Waals surface area contributed by atoms with E-state index in [1.165, 1.54) is 12.0 Å². The first-order valence-electron chi connectivity index (χ1n) is 7.75. The van der Waals surface area contributed by atoms with Crippen LogP contribution in [0, 0.1) is 0 Å². The molecule has 1 aliphatic rings. The zero-order valence-corrected chi connectivity index (χ0v) is 15.2. The molecule has 0 saturated heterocycles. The Bertz CT molecular complexity index is 548. The molecular weight excluding hydrogens is 306 g/mol. The van der Waals surface area contributed by atoms with Crippen molar-refractivity contribution in [2.45, 2.75) is 42.7 Å². The summed E-state index contributed by atoms with van der Waals surface area (Å²) in [6, 6.07) is 10.5. The Labute approximate surface area is 143 Å². The summed E-state index contributed by atoms with van der Waals surface area (Å²) >= 11 is 3.95. The Morgan fingerprint density at radius 1 is 1.18 bits per heavy atom. The molecule has 0 N–H and O–H groups in total. The fraction of sp³-hybridized carbons (Fsp3) is 0.421. The lowest BCUT2D eigenvalue weighted by Crippen LogP contribution is -2.40. The number of hydrogen-bond acceptors (Lipinski definition) is 3. The molecule has 1 atom stereocenters. The van der Waals surface area contributed by atoms with Gasteiger partial charge in [0.2, 0.25) is 0 Å². The van der Waals surface area contributed by atoms with E-state index in [1.807, 2.05) is 35.7 Å². The van der Waals surface area contributed by atoms with Crippen LogP contribution in [0.2, 0.25) is 0 Å². The summed E-state index contributed by atoms with van der Waals surface area (Å²) in [5, 5.41) is 1.16. The van der Waals surface area contributed by atoms with Crippen LogP contribution in [0.5, 0.6) is 0 Å². The normalized spacial score (nSPS) is 23.1. The molecule has 118 valence electrons. The van der Waals surface area contributed by atoms with Crippen molar-refractivity contribution in [3.05, 3.63) is 61.2 Å². The molecule has 0 spiro atoms. The van der Waals surface area contributed by atoms with Gasteiger partial charge < -0.3 is 0 Å². The quantitative estimate of drug-likeness (QED) is 0.432. The monoisotopic (exact) mass is 331 g/mol. The molecular formula is C19H25NS2. The van der Waals surface area contributed by atoms with Crippen molar-refractivity contribution in [2.75, 3.05) is 5.75 Å². The van der Waals surface area contributed by atoms with Gasteiger partial charge in [-0.2, -0.15) is 0 Å². The van der Waals surface area contributed by atoms with Gasteiger partial charge in [-0.05, 0) is 38.9 Å². The minimum Gasteiger partial charge on any atom is -0.269 e. The number of hydrogen-bond donors (Lipinski definition) is 0. The maximum absolute atomic E-state index is 5.05. The first kappa shape index (κ1) is 17.4. The Morgan fingerprint density at radius 3 is 2.55 bits per heavy atom. The standard InChI is InChI=1S/C19H25NS2/c1-5-7-11-15-21-19(14-6-2)18(3,4)20-17(22-19)16-12-9-8-10-13-16/h5-6,8-10,12-13H,1-2,7,11,14-15H2,3-4H3. The van der Waals surface area contributed by atoms with Crippen LogP contribution in [0.25, 0.3) is 0 Å². The van der Waals surface area contributed by atoms with Crippen molar-refractivity contribution in [3.63, 3.8) is 0 Å². The number of benzene rings is 1. The summed E-state index contributed by atoms with van der Waals surface area (Å²) in [5.74, 6) is 1.13. The Kier molecular flexibility index (Phi) is 5.99. The van der Waals surface area contributed by atoms with E-state index in [2.05, 4.69) is 57.3 Å². The van der Waals surface area contributed by atoms with E-state index < -0.39 is 0 Å². The minimum atomic E-state index is -0.101. The molecule has 22 heavy (non-hydrogen) atoms. The predicted octanol–water partition coefficient (Wildman–Crippen LogP) is 5.93. The van der Waals surface area contributed by atoms with Gasteiger partial charge >= 0.3 is 0 Å². The van der Waals surface area contributed by atoms with Gasteiger partial charge in [0.15, 0.2) is 0 Å². The first-order valence-corrected chi connectivity index (χ1v) is 9.55. The van der Waals surface area contributed by atoms with Gasteiger partial charge in [-0.3, -0.25) is 4.99 Å². The van der Waals surface area contributed by atoms with Crippen LogP contribution >= 0.6 is 23.5 Å². The van der Waals surface area contributed by atoms with Crippen molar-refractivity contribution in [3.8, 4) is 0 Å². The lowest BCUT2D eigenvalue weighted by molar-refractivity contribution is 0.479. The van der Waals surface area contributed by atoms with Crippen molar-refractivity contribution < 1.29 is 0 Å². The highest BCUT2D eigenvalue weighted by atomic mass is 32.2. The van der Waals surface area contributed by atoms with Crippen molar-refractivity contribution in [1.29, 1.82) is 0 Å².